The monoisotopic (exact) mass is 475 g/mol. The van der Waals surface area contributed by atoms with E-state index in [0.29, 0.717) is 0 Å². The molecular formula is C27H41NO6. The highest BCUT2D eigenvalue weighted by Gasteiger charge is 2.72. The Balaban J connectivity index is 1.29. The molecule has 190 valence electrons. The van der Waals surface area contributed by atoms with Crippen molar-refractivity contribution in [2.45, 2.75) is 108 Å². The third kappa shape index (κ3) is 3.73. The van der Waals surface area contributed by atoms with Gasteiger partial charge in [0.15, 0.2) is 0 Å². The average molecular weight is 476 g/mol. The van der Waals surface area contributed by atoms with Gasteiger partial charge in [-0.15, -0.1) is 0 Å². The minimum atomic E-state index is -0.379. The van der Waals surface area contributed by atoms with Crippen molar-refractivity contribution in [2.24, 2.45) is 16.7 Å². The van der Waals surface area contributed by atoms with E-state index in [2.05, 4.69) is 32.2 Å². The summed E-state index contributed by atoms with van der Waals surface area (Å²) < 4.78 is 23.5. The number of methoxy groups -OCH3 is 2. The van der Waals surface area contributed by atoms with Crippen molar-refractivity contribution < 1.29 is 28.5 Å². The summed E-state index contributed by atoms with van der Waals surface area (Å²) in [6.07, 6.45) is 9.36. The standard InChI is InChI=1S/C27H41NO6/c1-17(2)6-7-19-24(3,34-19)21-20(31-4)18(8-9-27(21)16-33-27)28-22(29)25-10-13-26(14-11-25,15-12-25)23(30)32-5/h6,18-21H,7-16H2,1-5H3,(H,28,29)/t18-,19?,20-,21-,24?,25?,26?,27+/m1/s1. The van der Waals surface area contributed by atoms with E-state index in [1.54, 1.807) is 7.11 Å². The third-order valence-corrected chi connectivity index (χ3v) is 9.96. The number of allylic oxidation sites excluding steroid dienone is 1. The fraction of sp³-hybridized carbons (Fsp3) is 0.852. The van der Waals surface area contributed by atoms with Gasteiger partial charge in [0.2, 0.25) is 5.91 Å². The topological polar surface area (TPSA) is 89.7 Å². The molecule has 6 atom stereocenters. The van der Waals surface area contributed by atoms with Crippen molar-refractivity contribution in [3.05, 3.63) is 11.6 Å². The summed E-state index contributed by atoms with van der Waals surface area (Å²) in [5.41, 5.74) is 0.0457. The average Bonchev–Trinajstić information content (AvgIpc) is 3.76. The van der Waals surface area contributed by atoms with E-state index in [9.17, 15) is 9.59 Å². The molecule has 0 radical (unpaired) electrons. The van der Waals surface area contributed by atoms with Crippen LogP contribution in [0.15, 0.2) is 11.6 Å². The summed E-state index contributed by atoms with van der Waals surface area (Å²) >= 11 is 0. The Bertz CT molecular complexity index is 850. The van der Waals surface area contributed by atoms with Crippen molar-refractivity contribution in [1.82, 2.24) is 5.32 Å². The van der Waals surface area contributed by atoms with Crippen LogP contribution in [-0.2, 0) is 28.5 Å². The highest BCUT2D eigenvalue weighted by Crippen LogP contribution is 2.60. The zero-order valence-electron chi connectivity index (χ0n) is 21.4. The number of hydrogen-bond donors (Lipinski definition) is 1. The molecule has 6 aliphatic rings. The summed E-state index contributed by atoms with van der Waals surface area (Å²) in [5.74, 6) is 0.111. The number of nitrogens with one attached hydrogen (secondary N) is 1. The molecule has 6 rings (SSSR count). The normalized spacial score (nSPS) is 46.6. The molecule has 2 heterocycles. The van der Waals surface area contributed by atoms with Crippen LogP contribution in [0.4, 0.5) is 0 Å². The number of esters is 1. The Labute approximate surface area is 203 Å². The predicted molar refractivity (Wildman–Crippen MR) is 126 cm³/mol. The molecule has 2 saturated heterocycles. The number of fused-ring (bicyclic) bond motifs is 3. The molecule has 7 nitrogen and oxygen atoms in total. The Kier molecular flexibility index (Phi) is 5.93. The fourth-order valence-corrected chi connectivity index (χ4v) is 7.51. The maximum atomic E-state index is 13.7. The molecule has 34 heavy (non-hydrogen) atoms. The second kappa shape index (κ2) is 8.31. The van der Waals surface area contributed by atoms with E-state index in [1.165, 1.54) is 12.7 Å². The van der Waals surface area contributed by atoms with Gasteiger partial charge in [-0.25, -0.2) is 0 Å². The summed E-state index contributed by atoms with van der Waals surface area (Å²) in [4.78, 5) is 26.1. The van der Waals surface area contributed by atoms with Gasteiger partial charge in [0.05, 0.1) is 43.0 Å². The van der Waals surface area contributed by atoms with Crippen LogP contribution in [0.1, 0.15) is 78.6 Å². The molecule has 4 aliphatic carbocycles. The lowest BCUT2D eigenvalue weighted by Crippen LogP contribution is -2.62. The van der Waals surface area contributed by atoms with Crippen LogP contribution in [0.3, 0.4) is 0 Å². The SMILES string of the molecule is COC(=O)C12CCC(C(=O)N[C@@H]3CC[C@]4(CO4)[C@@H](C4(C)OC4CC=C(C)C)[C@@H]3OC)(CC1)CC2. The second-order valence-electron chi connectivity index (χ2n) is 12.0. The van der Waals surface area contributed by atoms with E-state index in [4.69, 9.17) is 18.9 Å². The summed E-state index contributed by atoms with van der Waals surface area (Å²) in [6, 6.07) is -0.0638. The third-order valence-electron chi connectivity index (χ3n) is 9.96. The first-order chi connectivity index (χ1) is 16.1. The van der Waals surface area contributed by atoms with Crippen molar-refractivity contribution in [2.75, 3.05) is 20.8 Å². The van der Waals surface area contributed by atoms with Gasteiger partial charge in [-0.3, -0.25) is 9.59 Å². The predicted octanol–water partition coefficient (Wildman–Crippen LogP) is 3.69. The number of epoxide rings is 2. The van der Waals surface area contributed by atoms with Gasteiger partial charge in [-0.05, 0) is 78.6 Å². The summed E-state index contributed by atoms with van der Waals surface area (Å²) in [6.45, 7) is 7.15. The highest BCUT2D eigenvalue weighted by molar-refractivity contribution is 5.85. The molecule has 1 N–H and O–H groups in total. The van der Waals surface area contributed by atoms with Crippen LogP contribution < -0.4 is 5.32 Å². The summed E-state index contributed by atoms with van der Waals surface area (Å²) in [7, 11) is 3.22. The maximum absolute atomic E-state index is 13.7. The van der Waals surface area contributed by atoms with Gasteiger partial charge in [0.25, 0.3) is 0 Å². The molecular weight excluding hydrogens is 434 g/mol. The molecule has 0 aromatic carbocycles. The zero-order chi connectivity index (χ0) is 24.4. The minimum Gasteiger partial charge on any atom is -0.469 e. The Morgan fingerprint density at radius 1 is 1.03 bits per heavy atom. The Hall–Kier alpha value is -1.44. The number of rotatable bonds is 7. The molecule has 2 bridgehead atoms. The number of hydrogen-bond acceptors (Lipinski definition) is 6. The molecule has 7 heteroatoms. The van der Waals surface area contributed by atoms with Crippen LogP contribution >= 0.6 is 0 Å². The van der Waals surface area contributed by atoms with Crippen molar-refractivity contribution in [3.8, 4) is 0 Å². The van der Waals surface area contributed by atoms with Crippen molar-refractivity contribution in [3.63, 3.8) is 0 Å². The van der Waals surface area contributed by atoms with Crippen molar-refractivity contribution in [1.29, 1.82) is 0 Å². The Morgan fingerprint density at radius 3 is 2.18 bits per heavy atom. The largest absolute Gasteiger partial charge is 0.469 e. The van der Waals surface area contributed by atoms with Gasteiger partial charge >= 0.3 is 5.97 Å². The van der Waals surface area contributed by atoms with Crippen LogP contribution in [0.25, 0.3) is 0 Å². The zero-order valence-corrected chi connectivity index (χ0v) is 21.4. The summed E-state index contributed by atoms with van der Waals surface area (Å²) in [5, 5.41) is 3.42. The van der Waals surface area contributed by atoms with Gasteiger partial charge < -0.3 is 24.3 Å². The Morgan fingerprint density at radius 2 is 1.65 bits per heavy atom. The number of amides is 1. The number of ether oxygens (including phenoxy) is 4. The highest BCUT2D eigenvalue weighted by atomic mass is 16.6. The second-order valence-corrected chi connectivity index (χ2v) is 12.0. The number of carbonyl (C=O) groups excluding carboxylic acids is 2. The molecule has 1 spiro atoms. The maximum Gasteiger partial charge on any atom is 0.311 e. The van der Waals surface area contributed by atoms with E-state index >= 15 is 0 Å². The van der Waals surface area contributed by atoms with E-state index < -0.39 is 0 Å². The van der Waals surface area contributed by atoms with E-state index in [-0.39, 0.29) is 58.1 Å². The van der Waals surface area contributed by atoms with Crippen LogP contribution in [0.5, 0.6) is 0 Å². The lowest BCUT2D eigenvalue weighted by Gasteiger charge is -2.51. The van der Waals surface area contributed by atoms with Crippen LogP contribution in [-0.4, -0.2) is 62.2 Å². The smallest absolute Gasteiger partial charge is 0.311 e. The lowest BCUT2D eigenvalue weighted by atomic mass is 9.53. The molecule has 0 aromatic rings. The molecule has 2 aliphatic heterocycles. The molecule has 0 aromatic heterocycles. The van der Waals surface area contributed by atoms with Crippen LogP contribution in [0.2, 0.25) is 0 Å². The lowest BCUT2D eigenvalue weighted by molar-refractivity contribution is -0.167. The first-order valence-corrected chi connectivity index (χ1v) is 13.0. The fourth-order valence-electron chi connectivity index (χ4n) is 7.51. The van der Waals surface area contributed by atoms with Crippen molar-refractivity contribution >= 4 is 11.9 Å². The molecule has 2 unspecified atom stereocenters. The first kappa shape index (κ1) is 24.3. The molecule has 6 fully saturated rings. The number of carbonyl (C=O) groups is 2. The quantitative estimate of drug-likeness (QED) is 0.343. The molecule has 1 amide bonds. The van der Waals surface area contributed by atoms with Gasteiger partial charge in [-0.1, -0.05) is 11.6 Å². The molecule has 4 saturated carbocycles. The first-order valence-electron chi connectivity index (χ1n) is 13.0. The van der Waals surface area contributed by atoms with Crippen LogP contribution in [0, 0.1) is 16.7 Å². The van der Waals surface area contributed by atoms with E-state index in [0.717, 1.165) is 64.4 Å². The van der Waals surface area contributed by atoms with Gasteiger partial charge in [0, 0.05) is 18.4 Å². The van der Waals surface area contributed by atoms with Gasteiger partial charge in [0.1, 0.15) is 5.60 Å². The van der Waals surface area contributed by atoms with Gasteiger partial charge in [-0.2, -0.15) is 0 Å². The van der Waals surface area contributed by atoms with E-state index in [1.807, 2.05) is 0 Å². The minimum absolute atomic E-state index is 0.0638.